The number of aromatic nitrogens is 3. The quantitative estimate of drug-likeness (QED) is 0.338. The first-order valence-electron chi connectivity index (χ1n) is 10.2. The second-order valence-electron chi connectivity index (χ2n) is 7.18. The fourth-order valence-corrected chi connectivity index (χ4v) is 3.39. The van der Waals surface area contributed by atoms with E-state index < -0.39 is 58.8 Å². The molecule has 9 nitrogen and oxygen atoms in total. The van der Waals surface area contributed by atoms with E-state index >= 15 is 0 Å². The maximum Gasteiger partial charge on any atom is 0.432 e. The van der Waals surface area contributed by atoms with Crippen molar-refractivity contribution in [3.8, 4) is 23.2 Å². The molecule has 0 amide bonds. The number of ether oxygens (including phenoxy) is 3. The topological polar surface area (TPSA) is 102 Å². The maximum absolute atomic E-state index is 14.8. The Hall–Kier alpha value is -3.87. The van der Waals surface area contributed by atoms with Crippen molar-refractivity contribution in [1.29, 1.82) is 0 Å². The highest BCUT2D eigenvalue weighted by molar-refractivity contribution is 6.31. The average molecular weight is 532 g/mol. The molecule has 3 rings (SSSR count). The number of nitrogens with zero attached hydrogens (tertiary/aromatic N) is 3. The van der Waals surface area contributed by atoms with Gasteiger partial charge in [-0.2, -0.15) is 18.2 Å². The molecule has 0 saturated carbocycles. The largest absolute Gasteiger partial charge is 0.478 e. The van der Waals surface area contributed by atoms with Crippen LogP contribution in [0.3, 0.4) is 0 Å². The number of carbonyl (C=O) groups excluding carboxylic acids is 1. The third-order valence-corrected chi connectivity index (χ3v) is 5.03. The summed E-state index contributed by atoms with van der Waals surface area (Å²) in [5, 5.41) is -0.384. The van der Waals surface area contributed by atoms with Crippen LogP contribution in [0.2, 0.25) is 5.02 Å². The standard InChI is InChI=1S/C22H18ClF4N3O6/c1-4-34-16(31)10-35-14-7-5-6-8-15(14)36-19-12(23)9-13(24)18(28-19)30-20(32)11(2)17(22(25,26)27)29(3)21(30)33/h5-9H,4,10H2,1-3H3. The average Bonchev–Trinajstić information content (AvgIpc) is 2.79. The molecule has 2 heterocycles. The fraction of sp³-hybridized carbons (Fsp3) is 0.273. The fourth-order valence-electron chi connectivity index (χ4n) is 3.21. The minimum atomic E-state index is -5.01. The molecule has 0 aliphatic heterocycles. The van der Waals surface area contributed by atoms with Gasteiger partial charge in [-0.25, -0.2) is 18.5 Å². The summed E-state index contributed by atoms with van der Waals surface area (Å²) in [7, 11) is 0.788. The highest BCUT2D eigenvalue weighted by Gasteiger charge is 2.38. The van der Waals surface area contributed by atoms with E-state index in [0.717, 1.165) is 14.0 Å². The van der Waals surface area contributed by atoms with Crippen molar-refractivity contribution in [2.75, 3.05) is 13.2 Å². The van der Waals surface area contributed by atoms with Gasteiger partial charge in [0.05, 0.1) is 6.61 Å². The smallest absolute Gasteiger partial charge is 0.432 e. The number of rotatable bonds is 7. The van der Waals surface area contributed by atoms with E-state index in [1.54, 1.807) is 13.0 Å². The first-order valence-corrected chi connectivity index (χ1v) is 10.6. The number of benzene rings is 1. The molecule has 36 heavy (non-hydrogen) atoms. The van der Waals surface area contributed by atoms with Crippen LogP contribution in [0.1, 0.15) is 18.2 Å². The van der Waals surface area contributed by atoms with Gasteiger partial charge in [-0.15, -0.1) is 0 Å². The highest BCUT2D eigenvalue weighted by Crippen LogP contribution is 2.35. The van der Waals surface area contributed by atoms with Crippen LogP contribution in [-0.4, -0.2) is 33.3 Å². The molecule has 0 aliphatic rings. The van der Waals surface area contributed by atoms with Gasteiger partial charge in [0.1, 0.15) is 10.7 Å². The molecule has 1 aromatic carbocycles. The zero-order valence-corrected chi connectivity index (χ0v) is 19.7. The van der Waals surface area contributed by atoms with Gasteiger partial charge in [0, 0.05) is 18.7 Å². The maximum atomic E-state index is 14.8. The first kappa shape index (κ1) is 26.7. The van der Waals surface area contributed by atoms with Crippen molar-refractivity contribution in [3.05, 3.63) is 73.3 Å². The summed E-state index contributed by atoms with van der Waals surface area (Å²) in [6, 6.07) is 6.61. The molecule has 0 fully saturated rings. The minimum absolute atomic E-state index is 0.0300. The van der Waals surface area contributed by atoms with Crippen molar-refractivity contribution >= 4 is 17.6 Å². The van der Waals surface area contributed by atoms with Crippen molar-refractivity contribution in [2.45, 2.75) is 20.0 Å². The van der Waals surface area contributed by atoms with E-state index in [-0.39, 0.29) is 32.3 Å². The number of hydrogen-bond donors (Lipinski definition) is 0. The molecule has 14 heteroatoms. The summed E-state index contributed by atoms with van der Waals surface area (Å²) in [6.07, 6.45) is -5.01. The van der Waals surface area contributed by atoms with E-state index in [2.05, 4.69) is 4.98 Å². The van der Waals surface area contributed by atoms with Crippen LogP contribution in [0, 0.1) is 12.7 Å². The van der Waals surface area contributed by atoms with Crippen LogP contribution < -0.4 is 20.7 Å². The lowest BCUT2D eigenvalue weighted by Gasteiger charge is -2.17. The second kappa shape index (κ2) is 10.4. The Balaban J connectivity index is 2.09. The van der Waals surface area contributed by atoms with E-state index in [1.807, 2.05) is 0 Å². The molecule has 0 aliphatic carbocycles. The van der Waals surface area contributed by atoms with Crippen molar-refractivity contribution in [3.63, 3.8) is 0 Å². The number of carbonyl (C=O) groups is 1. The zero-order valence-electron chi connectivity index (χ0n) is 19.0. The molecule has 0 N–H and O–H groups in total. The number of esters is 1. The van der Waals surface area contributed by atoms with Crippen molar-refractivity contribution in [1.82, 2.24) is 14.1 Å². The van der Waals surface area contributed by atoms with Gasteiger partial charge in [-0.1, -0.05) is 23.7 Å². The van der Waals surface area contributed by atoms with Gasteiger partial charge in [0.25, 0.3) is 5.56 Å². The Bertz CT molecular complexity index is 1400. The van der Waals surface area contributed by atoms with Crippen LogP contribution in [0.4, 0.5) is 17.6 Å². The van der Waals surface area contributed by atoms with Gasteiger partial charge >= 0.3 is 17.8 Å². The number of hydrogen-bond acceptors (Lipinski definition) is 7. The summed E-state index contributed by atoms with van der Waals surface area (Å²) < 4.78 is 70.9. The Morgan fingerprint density at radius 1 is 1.17 bits per heavy atom. The van der Waals surface area contributed by atoms with Crippen LogP contribution >= 0.6 is 11.6 Å². The van der Waals surface area contributed by atoms with Gasteiger partial charge in [0.15, 0.2) is 29.7 Å². The monoisotopic (exact) mass is 531 g/mol. The first-order chi connectivity index (χ1) is 16.9. The van der Waals surface area contributed by atoms with Gasteiger partial charge < -0.3 is 14.2 Å². The minimum Gasteiger partial charge on any atom is -0.478 e. The molecule has 0 saturated heterocycles. The molecule has 2 aromatic heterocycles. The van der Waals surface area contributed by atoms with E-state index in [0.29, 0.717) is 6.07 Å². The van der Waals surface area contributed by atoms with Crippen molar-refractivity contribution < 1.29 is 36.6 Å². The van der Waals surface area contributed by atoms with Gasteiger partial charge in [-0.05, 0) is 26.0 Å². The Kier molecular flexibility index (Phi) is 7.72. The Morgan fingerprint density at radius 2 is 1.81 bits per heavy atom. The van der Waals surface area contributed by atoms with Gasteiger partial charge in [-0.3, -0.25) is 9.36 Å². The van der Waals surface area contributed by atoms with Crippen LogP contribution in [0.25, 0.3) is 5.82 Å². The second-order valence-corrected chi connectivity index (χ2v) is 7.58. The zero-order chi connectivity index (χ0) is 26.8. The summed E-state index contributed by atoms with van der Waals surface area (Å²) in [4.78, 5) is 40.7. The lowest BCUT2D eigenvalue weighted by Crippen LogP contribution is -2.43. The predicted molar refractivity (Wildman–Crippen MR) is 118 cm³/mol. The summed E-state index contributed by atoms with van der Waals surface area (Å²) in [5.74, 6) is -3.32. The molecular weight excluding hydrogens is 514 g/mol. The van der Waals surface area contributed by atoms with Crippen LogP contribution in [0.15, 0.2) is 39.9 Å². The molecule has 0 unspecified atom stereocenters. The molecule has 0 atom stereocenters. The molecule has 0 radical (unpaired) electrons. The third-order valence-electron chi connectivity index (χ3n) is 4.76. The summed E-state index contributed by atoms with van der Waals surface area (Å²) in [5.41, 5.74) is -5.24. The van der Waals surface area contributed by atoms with E-state index in [4.69, 9.17) is 25.8 Å². The normalized spacial score (nSPS) is 11.3. The summed E-state index contributed by atoms with van der Waals surface area (Å²) >= 11 is 6.03. The van der Waals surface area contributed by atoms with Gasteiger partial charge in [0.2, 0.25) is 5.88 Å². The number of halogens is 5. The molecule has 192 valence electrons. The lowest BCUT2D eigenvalue weighted by atomic mass is 10.2. The Labute approximate surface area is 205 Å². The van der Waals surface area contributed by atoms with E-state index in [9.17, 15) is 31.9 Å². The summed E-state index contributed by atoms with van der Waals surface area (Å²) in [6.45, 7) is 2.15. The number of para-hydroxylation sites is 2. The number of pyridine rings is 1. The molecular formula is C22H18ClF4N3O6. The van der Waals surface area contributed by atoms with Crippen LogP contribution in [-0.2, 0) is 22.8 Å². The SMILES string of the molecule is CCOC(=O)COc1ccccc1Oc1nc(-n2c(=O)c(C)c(C(F)(F)F)n(C)c2=O)c(F)cc1Cl. The third kappa shape index (κ3) is 5.35. The molecule has 0 spiro atoms. The predicted octanol–water partition coefficient (Wildman–Crippen LogP) is 3.79. The van der Waals surface area contributed by atoms with Crippen LogP contribution in [0.5, 0.6) is 17.4 Å². The van der Waals surface area contributed by atoms with Crippen molar-refractivity contribution in [2.24, 2.45) is 7.05 Å². The number of alkyl halides is 3. The molecule has 0 bridgehead atoms. The lowest BCUT2D eigenvalue weighted by molar-refractivity contribution is -0.146. The molecule has 3 aromatic rings. The highest BCUT2D eigenvalue weighted by atomic mass is 35.5. The van der Waals surface area contributed by atoms with E-state index in [1.165, 1.54) is 18.2 Å². The Morgan fingerprint density at radius 3 is 2.42 bits per heavy atom.